The Hall–Kier alpha value is -0.0800. The van der Waals surface area contributed by atoms with Crippen LogP contribution in [0, 0.1) is 5.41 Å². The molecule has 1 aliphatic carbocycles. The standard InChI is InChI=1S/C16H31NO/c1-3-16(4-2)11-12-17(13-16)14-9-7-5-6-8-10-15(14)18/h14-15,18H,3-13H2,1-2H3. The number of hydrogen-bond donors (Lipinski definition) is 1. The van der Waals surface area contributed by atoms with Crippen molar-refractivity contribution in [1.29, 1.82) is 0 Å². The summed E-state index contributed by atoms with van der Waals surface area (Å²) in [6, 6.07) is 0.449. The highest BCUT2D eigenvalue weighted by molar-refractivity contribution is 4.93. The Morgan fingerprint density at radius 3 is 2.33 bits per heavy atom. The second-order valence-corrected chi connectivity index (χ2v) is 6.55. The molecule has 0 aromatic rings. The molecule has 0 radical (unpaired) electrons. The highest BCUT2D eigenvalue weighted by atomic mass is 16.3. The van der Waals surface area contributed by atoms with Crippen molar-refractivity contribution in [2.45, 2.75) is 83.8 Å². The topological polar surface area (TPSA) is 23.5 Å². The van der Waals surface area contributed by atoms with Crippen molar-refractivity contribution in [2.24, 2.45) is 5.41 Å². The summed E-state index contributed by atoms with van der Waals surface area (Å²) in [5.74, 6) is 0. The molecule has 0 aromatic heterocycles. The molecule has 1 heterocycles. The molecule has 1 saturated heterocycles. The normalized spacial score (nSPS) is 34.2. The summed E-state index contributed by atoms with van der Waals surface area (Å²) >= 11 is 0. The number of likely N-dealkylation sites (tertiary alicyclic amines) is 1. The fourth-order valence-electron chi connectivity index (χ4n) is 3.95. The van der Waals surface area contributed by atoms with E-state index in [1.807, 2.05) is 0 Å². The third kappa shape index (κ3) is 3.08. The zero-order valence-corrected chi connectivity index (χ0v) is 12.3. The molecule has 2 heteroatoms. The van der Waals surface area contributed by atoms with Gasteiger partial charge in [-0.05, 0) is 44.1 Å². The van der Waals surface area contributed by atoms with Crippen LogP contribution in [0.4, 0.5) is 0 Å². The second-order valence-electron chi connectivity index (χ2n) is 6.55. The van der Waals surface area contributed by atoms with Crippen LogP contribution in [0.2, 0.25) is 0 Å². The minimum Gasteiger partial charge on any atom is -0.391 e. The van der Waals surface area contributed by atoms with Gasteiger partial charge in [-0.15, -0.1) is 0 Å². The predicted octanol–water partition coefficient (Wildman–Crippen LogP) is 3.58. The molecule has 1 aliphatic heterocycles. The molecule has 2 fully saturated rings. The molecule has 0 spiro atoms. The number of aliphatic hydroxyl groups excluding tert-OH is 1. The molecular formula is C16H31NO. The summed E-state index contributed by atoms with van der Waals surface area (Å²) in [4.78, 5) is 2.61. The van der Waals surface area contributed by atoms with Crippen molar-refractivity contribution in [3.8, 4) is 0 Å². The molecule has 0 aromatic carbocycles. The molecular weight excluding hydrogens is 222 g/mol. The Morgan fingerprint density at radius 1 is 1.06 bits per heavy atom. The Balaban J connectivity index is 1.97. The van der Waals surface area contributed by atoms with Gasteiger partial charge in [0, 0.05) is 12.6 Å². The van der Waals surface area contributed by atoms with Gasteiger partial charge in [-0.1, -0.05) is 39.5 Å². The lowest BCUT2D eigenvalue weighted by Crippen LogP contribution is -2.43. The highest BCUT2D eigenvalue weighted by Crippen LogP contribution is 2.39. The Bertz CT molecular complexity index is 249. The monoisotopic (exact) mass is 253 g/mol. The number of aliphatic hydroxyl groups is 1. The maximum absolute atomic E-state index is 10.4. The molecule has 0 bridgehead atoms. The third-order valence-electron chi connectivity index (χ3n) is 5.63. The van der Waals surface area contributed by atoms with Crippen molar-refractivity contribution < 1.29 is 5.11 Å². The first kappa shape index (κ1) is 14.3. The third-order valence-corrected chi connectivity index (χ3v) is 5.63. The van der Waals surface area contributed by atoms with Crippen molar-refractivity contribution in [2.75, 3.05) is 13.1 Å². The molecule has 2 aliphatic rings. The lowest BCUT2D eigenvalue weighted by Gasteiger charge is -2.35. The van der Waals surface area contributed by atoms with Crippen LogP contribution in [0.3, 0.4) is 0 Å². The average Bonchev–Trinajstić information content (AvgIpc) is 2.79. The summed E-state index contributed by atoms with van der Waals surface area (Å²) in [5.41, 5.74) is 0.544. The second kappa shape index (κ2) is 6.38. The highest BCUT2D eigenvalue weighted by Gasteiger charge is 2.39. The average molecular weight is 253 g/mol. The molecule has 1 N–H and O–H groups in total. The molecule has 0 amide bonds. The van der Waals surface area contributed by atoms with Crippen LogP contribution >= 0.6 is 0 Å². The number of nitrogens with zero attached hydrogens (tertiary/aromatic N) is 1. The van der Waals surface area contributed by atoms with E-state index in [2.05, 4.69) is 18.7 Å². The van der Waals surface area contributed by atoms with E-state index >= 15 is 0 Å². The predicted molar refractivity (Wildman–Crippen MR) is 76.7 cm³/mol. The fourth-order valence-corrected chi connectivity index (χ4v) is 3.95. The molecule has 2 rings (SSSR count). The first-order valence-electron chi connectivity index (χ1n) is 8.13. The molecule has 2 unspecified atom stereocenters. The van der Waals surface area contributed by atoms with E-state index in [0.717, 1.165) is 6.42 Å². The lowest BCUT2D eigenvalue weighted by atomic mass is 9.82. The van der Waals surface area contributed by atoms with Crippen LogP contribution in [0.25, 0.3) is 0 Å². The van der Waals surface area contributed by atoms with Gasteiger partial charge in [-0.3, -0.25) is 4.90 Å². The fraction of sp³-hybridized carbons (Fsp3) is 1.00. The van der Waals surface area contributed by atoms with Crippen molar-refractivity contribution >= 4 is 0 Å². The number of rotatable bonds is 3. The quantitative estimate of drug-likeness (QED) is 0.831. The van der Waals surface area contributed by atoms with Gasteiger partial charge < -0.3 is 5.11 Å². The SMILES string of the molecule is CCC1(CC)CCN(C2CCCCCCC2O)C1. The molecule has 18 heavy (non-hydrogen) atoms. The Labute approximate surface area is 113 Å². The Kier molecular flexibility index (Phi) is 5.08. The van der Waals surface area contributed by atoms with Crippen molar-refractivity contribution in [3.05, 3.63) is 0 Å². The van der Waals surface area contributed by atoms with Gasteiger partial charge in [0.15, 0.2) is 0 Å². The van der Waals surface area contributed by atoms with Crippen LogP contribution < -0.4 is 0 Å². The first-order valence-corrected chi connectivity index (χ1v) is 8.13. The summed E-state index contributed by atoms with van der Waals surface area (Å²) < 4.78 is 0. The van der Waals surface area contributed by atoms with Crippen LogP contribution in [0.1, 0.15) is 71.6 Å². The Morgan fingerprint density at radius 2 is 1.72 bits per heavy atom. The van der Waals surface area contributed by atoms with Crippen LogP contribution in [-0.2, 0) is 0 Å². The minimum absolute atomic E-state index is 0.0742. The zero-order valence-electron chi connectivity index (χ0n) is 12.3. The molecule has 2 atom stereocenters. The molecule has 1 saturated carbocycles. The van der Waals surface area contributed by atoms with E-state index < -0.39 is 0 Å². The van der Waals surface area contributed by atoms with Gasteiger partial charge >= 0.3 is 0 Å². The first-order chi connectivity index (χ1) is 8.71. The van der Waals surface area contributed by atoms with E-state index in [9.17, 15) is 5.11 Å². The van der Waals surface area contributed by atoms with Crippen LogP contribution in [0.15, 0.2) is 0 Å². The summed E-state index contributed by atoms with van der Waals surface area (Å²) in [6.45, 7) is 7.11. The maximum Gasteiger partial charge on any atom is 0.0695 e. The van der Waals surface area contributed by atoms with Gasteiger partial charge in [0.1, 0.15) is 0 Å². The summed E-state index contributed by atoms with van der Waals surface area (Å²) in [6.07, 6.45) is 11.3. The zero-order chi connectivity index (χ0) is 13.0. The largest absolute Gasteiger partial charge is 0.391 e. The van der Waals surface area contributed by atoms with Crippen LogP contribution in [0.5, 0.6) is 0 Å². The lowest BCUT2D eigenvalue weighted by molar-refractivity contribution is 0.0365. The van der Waals surface area contributed by atoms with E-state index in [0.29, 0.717) is 11.5 Å². The van der Waals surface area contributed by atoms with Gasteiger partial charge in [0.25, 0.3) is 0 Å². The number of hydrogen-bond acceptors (Lipinski definition) is 2. The van der Waals surface area contributed by atoms with Crippen molar-refractivity contribution in [1.82, 2.24) is 4.90 Å². The minimum atomic E-state index is -0.0742. The van der Waals surface area contributed by atoms with Gasteiger partial charge in [-0.25, -0.2) is 0 Å². The molecule has 2 nitrogen and oxygen atoms in total. The van der Waals surface area contributed by atoms with Crippen molar-refractivity contribution in [3.63, 3.8) is 0 Å². The van der Waals surface area contributed by atoms with Gasteiger partial charge in [0.05, 0.1) is 6.10 Å². The van der Waals surface area contributed by atoms with E-state index in [4.69, 9.17) is 0 Å². The van der Waals surface area contributed by atoms with E-state index in [1.54, 1.807) is 0 Å². The summed E-state index contributed by atoms with van der Waals surface area (Å²) in [7, 11) is 0. The summed E-state index contributed by atoms with van der Waals surface area (Å²) in [5, 5.41) is 10.4. The van der Waals surface area contributed by atoms with E-state index in [1.165, 1.54) is 64.5 Å². The van der Waals surface area contributed by atoms with Gasteiger partial charge in [0.2, 0.25) is 0 Å². The molecule has 106 valence electrons. The smallest absolute Gasteiger partial charge is 0.0695 e. The van der Waals surface area contributed by atoms with Gasteiger partial charge in [-0.2, -0.15) is 0 Å². The van der Waals surface area contributed by atoms with E-state index in [-0.39, 0.29) is 6.10 Å². The van der Waals surface area contributed by atoms with Crippen LogP contribution in [-0.4, -0.2) is 35.2 Å². The maximum atomic E-state index is 10.4.